The van der Waals surface area contributed by atoms with Gasteiger partial charge in [-0.2, -0.15) is 0 Å². The highest BCUT2D eigenvalue weighted by Crippen LogP contribution is 2.31. The van der Waals surface area contributed by atoms with E-state index in [1.54, 1.807) is 26.0 Å². The summed E-state index contributed by atoms with van der Waals surface area (Å²) in [5, 5.41) is 0.665. The van der Waals surface area contributed by atoms with Crippen molar-refractivity contribution in [2.75, 3.05) is 24.6 Å². The molecule has 1 saturated heterocycles. The molecule has 146 valence electrons. The molecule has 0 spiro atoms. The largest absolute Gasteiger partial charge is 0.480 e. The lowest BCUT2D eigenvalue weighted by Gasteiger charge is -2.29. The molecule has 1 aliphatic rings. The van der Waals surface area contributed by atoms with E-state index in [1.807, 2.05) is 13.8 Å². The van der Waals surface area contributed by atoms with Crippen molar-refractivity contribution < 1.29 is 22.4 Å². The monoisotopic (exact) mass is 393 g/mol. The maximum absolute atomic E-state index is 12.7. The molecule has 1 atom stereocenters. The maximum atomic E-state index is 12.7. The van der Waals surface area contributed by atoms with E-state index in [0.717, 1.165) is 11.1 Å². The van der Waals surface area contributed by atoms with Gasteiger partial charge >= 0.3 is 5.63 Å². The lowest BCUT2D eigenvalue weighted by molar-refractivity contribution is -0.137. The Morgan fingerprint density at radius 2 is 1.78 bits per heavy atom. The first-order valence-electron chi connectivity index (χ1n) is 8.79. The van der Waals surface area contributed by atoms with Crippen molar-refractivity contribution >= 4 is 26.7 Å². The summed E-state index contributed by atoms with van der Waals surface area (Å²) in [6.45, 7) is 7.35. The molecule has 0 aliphatic carbocycles. The van der Waals surface area contributed by atoms with Gasteiger partial charge in [-0.25, -0.2) is 13.2 Å². The topological polar surface area (TPSA) is 93.9 Å². The normalized spacial score (nSPS) is 17.7. The lowest BCUT2D eigenvalue weighted by Crippen LogP contribution is -2.48. The Kier molecular flexibility index (Phi) is 5.03. The van der Waals surface area contributed by atoms with Gasteiger partial charge in [0.25, 0.3) is 5.91 Å². The van der Waals surface area contributed by atoms with Crippen LogP contribution in [0.4, 0.5) is 0 Å². The van der Waals surface area contributed by atoms with E-state index in [0.29, 0.717) is 22.3 Å². The molecule has 1 aromatic heterocycles. The first-order valence-corrected chi connectivity index (χ1v) is 10.6. The highest BCUT2D eigenvalue weighted by molar-refractivity contribution is 7.91. The number of amides is 1. The Hall–Kier alpha value is -2.35. The molecule has 0 saturated carbocycles. The molecule has 1 amide bonds. The van der Waals surface area contributed by atoms with Crippen LogP contribution in [0.5, 0.6) is 5.75 Å². The van der Waals surface area contributed by atoms with Gasteiger partial charge < -0.3 is 14.1 Å². The van der Waals surface area contributed by atoms with E-state index in [4.69, 9.17) is 9.15 Å². The van der Waals surface area contributed by atoms with E-state index in [1.165, 1.54) is 4.90 Å². The van der Waals surface area contributed by atoms with Crippen molar-refractivity contribution in [3.8, 4) is 5.75 Å². The fraction of sp³-hybridized carbons (Fsp3) is 0.474. The molecule has 0 bridgehead atoms. The van der Waals surface area contributed by atoms with Crippen LogP contribution in [0.3, 0.4) is 0 Å². The zero-order valence-electron chi connectivity index (χ0n) is 15.9. The van der Waals surface area contributed by atoms with E-state index >= 15 is 0 Å². The van der Waals surface area contributed by atoms with Crippen LogP contribution in [0, 0.1) is 20.8 Å². The van der Waals surface area contributed by atoms with Crippen LogP contribution in [0.15, 0.2) is 21.3 Å². The number of aryl methyl sites for hydroxylation is 2. The second kappa shape index (κ2) is 6.99. The number of rotatable bonds is 3. The molecule has 2 aromatic rings. The molecule has 8 heteroatoms. The van der Waals surface area contributed by atoms with Crippen LogP contribution < -0.4 is 10.4 Å². The highest BCUT2D eigenvalue weighted by atomic mass is 32.2. The Morgan fingerprint density at radius 3 is 2.41 bits per heavy atom. The summed E-state index contributed by atoms with van der Waals surface area (Å²) in [7, 11) is -3.06. The van der Waals surface area contributed by atoms with Gasteiger partial charge in [0.2, 0.25) is 0 Å². The van der Waals surface area contributed by atoms with Crippen molar-refractivity contribution in [2.45, 2.75) is 33.8 Å². The number of fused-ring (bicyclic) bond motifs is 1. The minimum absolute atomic E-state index is 0.0255. The second-order valence-corrected chi connectivity index (χ2v) is 9.32. The van der Waals surface area contributed by atoms with Crippen LogP contribution in [0.25, 0.3) is 11.0 Å². The SMILES string of the molecule is Cc1cc(OC(C)C(=O)N2CCS(=O)(=O)CC2)c2c(C)c(C)c(=O)oc2c1. The summed E-state index contributed by atoms with van der Waals surface area (Å²) in [5.41, 5.74) is 2.11. The van der Waals surface area contributed by atoms with Gasteiger partial charge in [-0.05, 0) is 51.0 Å². The lowest BCUT2D eigenvalue weighted by atomic mass is 10.0. The Morgan fingerprint density at radius 1 is 1.15 bits per heavy atom. The third kappa shape index (κ3) is 3.85. The molecule has 0 radical (unpaired) electrons. The summed E-state index contributed by atoms with van der Waals surface area (Å²) >= 11 is 0. The third-order valence-corrected chi connectivity index (χ3v) is 6.57. The Bertz CT molecular complexity index is 1060. The zero-order valence-corrected chi connectivity index (χ0v) is 16.7. The molecule has 27 heavy (non-hydrogen) atoms. The number of carbonyl (C=O) groups is 1. The number of hydrogen-bond acceptors (Lipinski definition) is 6. The van der Waals surface area contributed by atoms with Crippen LogP contribution in [0.2, 0.25) is 0 Å². The van der Waals surface area contributed by atoms with Crippen LogP contribution in [-0.2, 0) is 14.6 Å². The molecule has 3 rings (SSSR count). The van der Waals surface area contributed by atoms with Crippen LogP contribution in [-0.4, -0.2) is 49.9 Å². The molecule has 1 aromatic carbocycles. The number of carbonyl (C=O) groups excluding carboxylic acids is 1. The van der Waals surface area contributed by atoms with Gasteiger partial charge in [0.05, 0.1) is 16.9 Å². The molecule has 0 N–H and O–H groups in total. The van der Waals surface area contributed by atoms with Gasteiger partial charge in [0, 0.05) is 18.7 Å². The minimum Gasteiger partial charge on any atom is -0.480 e. The van der Waals surface area contributed by atoms with Crippen molar-refractivity contribution in [3.05, 3.63) is 39.2 Å². The number of benzene rings is 1. The third-order valence-electron chi connectivity index (χ3n) is 4.96. The minimum atomic E-state index is -3.06. The fourth-order valence-electron chi connectivity index (χ4n) is 3.21. The molecular formula is C19H23NO6S. The van der Waals surface area contributed by atoms with Crippen LogP contribution >= 0.6 is 0 Å². The van der Waals surface area contributed by atoms with Gasteiger partial charge in [0.15, 0.2) is 15.9 Å². The smallest absolute Gasteiger partial charge is 0.339 e. The maximum Gasteiger partial charge on any atom is 0.339 e. The molecule has 1 unspecified atom stereocenters. The summed E-state index contributed by atoms with van der Waals surface area (Å²) in [4.78, 5) is 26.1. The average molecular weight is 393 g/mol. The summed E-state index contributed by atoms with van der Waals surface area (Å²) in [6, 6.07) is 3.57. The van der Waals surface area contributed by atoms with Crippen LogP contribution in [0.1, 0.15) is 23.6 Å². The van der Waals surface area contributed by atoms with Gasteiger partial charge in [-0.3, -0.25) is 4.79 Å². The number of ether oxygens (including phenoxy) is 1. The molecule has 2 heterocycles. The summed E-state index contributed by atoms with van der Waals surface area (Å²) in [5.74, 6) is 0.163. The van der Waals surface area contributed by atoms with Gasteiger partial charge in [0.1, 0.15) is 11.3 Å². The molecule has 1 fully saturated rings. The van der Waals surface area contributed by atoms with Crippen molar-refractivity contribution in [1.82, 2.24) is 4.90 Å². The molecule has 1 aliphatic heterocycles. The fourth-order valence-corrected chi connectivity index (χ4v) is 4.41. The predicted molar refractivity (Wildman–Crippen MR) is 102 cm³/mol. The Labute approximate surface area is 157 Å². The van der Waals surface area contributed by atoms with Crippen molar-refractivity contribution in [2.24, 2.45) is 0 Å². The number of nitrogens with zero attached hydrogens (tertiary/aromatic N) is 1. The predicted octanol–water partition coefficient (Wildman–Crippen LogP) is 1.74. The first-order chi connectivity index (χ1) is 12.6. The van der Waals surface area contributed by atoms with E-state index in [9.17, 15) is 18.0 Å². The van der Waals surface area contributed by atoms with Gasteiger partial charge in [-0.15, -0.1) is 0 Å². The average Bonchev–Trinajstić information content (AvgIpc) is 2.58. The molecular weight excluding hydrogens is 370 g/mol. The number of hydrogen-bond donors (Lipinski definition) is 0. The van der Waals surface area contributed by atoms with Crippen molar-refractivity contribution in [3.63, 3.8) is 0 Å². The summed E-state index contributed by atoms with van der Waals surface area (Å²) < 4.78 is 34.4. The van der Waals surface area contributed by atoms with E-state index in [-0.39, 0.29) is 30.5 Å². The molecule has 7 nitrogen and oxygen atoms in total. The second-order valence-electron chi connectivity index (χ2n) is 7.01. The quantitative estimate of drug-likeness (QED) is 0.738. The van der Waals surface area contributed by atoms with E-state index in [2.05, 4.69) is 0 Å². The highest BCUT2D eigenvalue weighted by Gasteiger charge is 2.29. The first kappa shape index (κ1) is 19.4. The number of sulfone groups is 1. The van der Waals surface area contributed by atoms with E-state index < -0.39 is 21.6 Å². The summed E-state index contributed by atoms with van der Waals surface area (Å²) in [6.07, 6.45) is -0.789. The standard InChI is InChI=1S/C19H23NO6S/c1-11-9-15(17-12(2)13(3)19(22)26-16(17)10-11)25-14(4)18(21)20-5-7-27(23,24)8-6-20/h9-10,14H,5-8H2,1-4H3. The Balaban J connectivity index is 1.91. The van der Waals surface area contributed by atoms with Gasteiger partial charge in [-0.1, -0.05) is 0 Å². The van der Waals surface area contributed by atoms with Crippen molar-refractivity contribution in [1.29, 1.82) is 0 Å². The zero-order chi connectivity index (χ0) is 19.9.